The fourth-order valence-corrected chi connectivity index (χ4v) is 0. The Kier molecular flexibility index (Phi) is 45.9. The Morgan fingerprint density at radius 3 is 0.750 bits per heavy atom. The van der Waals surface area contributed by atoms with Gasteiger partial charge in [0.15, 0.2) is 0 Å². The standard InChI is InChI=1S/2Er.2O. The van der Waals surface area contributed by atoms with Gasteiger partial charge in [-0.25, -0.2) is 0 Å². The summed E-state index contributed by atoms with van der Waals surface area (Å²) >= 11 is 2.33. The fraction of sp³-hybridized carbons (Fsp3) is 0. The topological polar surface area (TPSA) is 34.1 Å². The Morgan fingerprint density at radius 1 is 0.750 bits per heavy atom. The summed E-state index contributed by atoms with van der Waals surface area (Å²) in [6, 6.07) is 0. The Balaban J connectivity index is 0. The van der Waals surface area contributed by atoms with Gasteiger partial charge in [0.2, 0.25) is 0 Å². The zero-order chi connectivity index (χ0) is 4.00. The quantitative estimate of drug-likeness (QED) is 0.593. The van der Waals surface area contributed by atoms with E-state index in [0.717, 1.165) is 0 Å². The van der Waals surface area contributed by atoms with Gasteiger partial charge in [0.25, 0.3) is 0 Å². The molecule has 0 aromatic rings. The van der Waals surface area contributed by atoms with E-state index in [4.69, 9.17) is 2.97 Å². The van der Waals surface area contributed by atoms with E-state index in [2.05, 4.69) is 0 Å². The van der Waals surface area contributed by atoms with Crippen molar-refractivity contribution in [1.29, 1.82) is 0 Å². The van der Waals surface area contributed by atoms with Crippen LogP contribution in [0.25, 0.3) is 0 Å². The van der Waals surface area contributed by atoms with Gasteiger partial charge in [-0.3, -0.25) is 0 Å². The maximum atomic E-state index is 8.17. The molecule has 0 aliphatic rings. The van der Waals surface area contributed by atoms with E-state index in [0.29, 0.717) is 0 Å². The van der Waals surface area contributed by atoms with Crippen LogP contribution in [0.15, 0.2) is 0 Å². The van der Waals surface area contributed by atoms with Crippen molar-refractivity contribution in [3.05, 3.63) is 0 Å². The van der Waals surface area contributed by atoms with E-state index in [1.807, 2.05) is 0 Å². The molecule has 0 amide bonds. The number of rotatable bonds is 0. The van der Waals surface area contributed by atoms with E-state index in [1.165, 1.54) is 70.9 Å². The first kappa shape index (κ1) is 9.43. The van der Waals surface area contributed by atoms with Crippen molar-refractivity contribution in [3.8, 4) is 0 Å². The van der Waals surface area contributed by atoms with Crippen molar-refractivity contribution < 1.29 is 73.9 Å². The van der Waals surface area contributed by atoms with Gasteiger partial charge < -0.3 is 0 Å². The second kappa shape index (κ2) is 19.5. The molecule has 0 N–H and O–H groups in total. The summed E-state index contributed by atoms with van der Waals surface area (Å²) in [5.74, 6) is 0. The number of hydrogen-bond acceptors (Lipinski definition) is 2. The minimum atomic E-state index is 1.17. The van der Waals surface area contributed by atoms with Crippen LogP contribution in [-0.4, -0.2) is 0 Å². The van der Waals surface area contributed by atoms with Gasteiger partial charge in [-0.2, -0.15) is 0 Å². The summed E-state index contributed by atoms with van der Waals surface area (Å²) in [4.78, 5) is 0. The van der Waals surface area contributed by atoms with Crippen molar-refractivity contribution in [2.75, 3.05) is 0 Å². The van der Waals surface area contributed by atoms with Crippen LogP contribution in [0.2, 0.25) is 0 Å². The molecule has 0 rings (SSSR count). The molecule has 0 unspecified atom stereocenters. The first-order valence-corrected chi connectivity index (χ1v) is 1.75. The monoisotopic (exact) mass is 364 g/mol. The molecule has 0 aromatic carbocycles. The van der Waals surface area contributed by atoms with Crippen molar-refractivity contribution in [2.24, 2.45) is 0 Å². The number of hydrogen-bond donors (Lipinski definition) is 0. The van der Waals surface area contributed by atoms with Crippen molar-refractivity contribution in [3.63, 3.8) is 0 Å². The first-order chi connectivity index (χ1) is 2.00. The Morgan fingerprint density at radius 2 is 0.750 bits per heavy atom. The molecule has 4 heteroatoms. The van der Waals surface area contributed by atoms with Crippen LogP contribution in [0.3, 0.4) is 0 Å². The van der Waals surface area contributed by atoms with Gasteiger partial charge in [0, 0.05) is 0 Å². The predicted octanol–water partition coefficient (Wildman–Crippen LogP) is -0.238. The molecule has 0 saturated carbocycles. The van der Waals surface area contributed by atoms with Gasteiger partial charge >= 0.3 is 73.9 Å². The summed E-state index contributed by atoms with van der Waals surface area (Å²) < 4.78 is 16.3. The predicted molar refractivity (Wildman–Crippen MR) is 1.37 cm³/mol. The van der Waals surface area contributed by atoms with Crippen LogP contribution in [0, 0.1) is 70.9 Å². The molecule has 0 atom stereocenters. The molecule has 0 bridgehead atoms. The Hall–Kier alpha value is 2.09. The molecule has 0 aliphatic heterocycles. The van der Waals surface area contributed by atoms with Gasteiger partial charge in [0.1, 0.15) is 0 Å². The van der Waals surface area contributed by atoms with E-state index < -0.39 is 0 Å². The zero-order valence-electron chi connectivity index (χ0n) is 1.39. The molecule has 0 fully saturated rings. The van der Waals surface area contributed by atoms with Crippen LogP contribution in [0.1, 0.15) is 0 Å². The maximum absolute atomic E-state index is 8.17. The van der Waals surface area contributed by atoms with E-state index >= 15 is 0 Å². The Bertz CT molecular complexity index is 6.00. The molecule has 0 aromatic heterocycles. The van der Waals surface area contributed by atoms with Crippen molar-refractivity contribution >= 4 is 0 Å². The summed E-state index contributed by atoms with van der Waals surface area (Å²) in [5.41, 5.74) is 0. The minimum absolute atomic E-state index is 1.17. The van der Waals surface area contributed by atoms with Gasteiger partial charge in [-0.15, -0.1) is 0 Å². The Labute approximate surface area is 72.1 Å². The van der Waals surface area contributed by atoms with Gasteiger partial charge in [0.05, 0.1) is 0 Å². The van der Waals surface area contributed by atoms with Gasteiger partial charge in [-0.05, 0) is 0 Å². The van der Waals surface area contributed by atoms with Crippen LogP contribution in [-0.2, 0) is 2.97 Å². The third-order valence-electron chi connectivity index (χ3n) is 0. The SMILES string of the molecule is [O]=[Er].[O]=[Er]. The summed E-state index contributed by atoms with van der Waals surface area (Å²) in [7, 11) is 0. The average molecular weight is 367 g/mol. The molecule has 0 saturated heterocycles. The van der Waals surface area contributed by atoms with Crippen LogP contribution in [0.5, 0.6) is 0 Å². The average Bonchev–Trinajstić information content (AvgIpc) is 1.50. The summed E-state index contributed by atoms with van der Waals surface area (Å²) in [5, 5.41) is 0. The van der Waals surface area contributed by atoms with Crippen LogP contribution in [0.4, 0.5) is 0 Å². The summed E-state index contributed by atoms with van der Waals surface area (Å²) in [6.07, 6.45) is 0. The van der Waals surface area contributed by atoms with Crippen LogP contribution >= 0.6 is 0 Å². The second-order valence-electron chi connectivity index (χ2n) is 0. The molecule has 0 heterocycles. The molecule has 0 aliphatic carbocycles. The normalized spacial score (nSPS) is 3.00. The van der Waals surface area contributed by atoms with Crippen molar-refractivity contribution in [1.82, 2.24) is 0 Å². The van der Waals surface area contributed by atoms with Crippen molar-refractivity contribution in [2.45, 2.75) is 0 Å². The fourth-order valence-electron chi connectivity index (χ4n) is 0. The third-order valence-corrected chi connectivity index (χ3v) is 0. The van der Waals surface area contributed by atoms with Gasteiger partial charge in [-0.1, -0.05) is 0 Å². The molecule has 0 radical (unpaired) electrons. The first-order valence-electron chi connectivity index (χ1n) is 0.236. The molecular weight excluding hydrogens is 367 g/mol. The molecule has 0 spiro atoms. The van der Waals surface area contributed by atoms with E-state index in [-0.39, 0.29) is 0 Å². The van der Waals surface area contributed by atoms with E-state index in [1.54, 1.807) is 0 Å². The zero-order valence-corrected chi connectivity index (χ0v) is 5.10. The summed E-state index contributed by atoms with van der Waals surface area (Å²) in [6.45, 7) is 0. The second-order valence-corrected chi connectivity index (χ2v) is 0. The third kappa shape index (κ3) is 8.94. The molecular formula is Er2O2. The molecule has 36 valence electrons. The van der Waals surface area contributed by atoms with E-state index in [9.17, 15) is 0 Å². The molecule has 4 heavy (non-hydrogen) atoms. The molecule has 2 nitrogen and oxygen atoms in total. The van der Waals surface area contributed by atoms with Crippen LogP contribution < -0.4 is 0 Å².